The molecule has 0 spiro atoms. The van der Waals surface area contributed by atoms with Gasteiger partial charge in [0.2, 0.25) is 0 Å². The molecule has 1 nitrogen and oxygen atoms in total. The molecular formula is C30H48O. The summed E-state index contributed by atoms with van der Waals surface area (Å²) in [5, 5.41) is 11.0. The number of rotatable bonds is 5. The van der Waals surface area contributed by atoms with Crippen molar-refractivity contribution in [2.24, 2.45) is 52.3 Å². The predicted molar refractivity (Wildman–Crippen MR) is 131 cm³/mol. The van der Waals surface area contributed by atoms with Crippen molar-refractivity contribution in [3.8, 4) is 12.3 Å². The van der Waals surface area contributed by atoms with Gasteiger partial charge in [0.1, 0.15) is 5.60 Å². The van der Waals surface area contributed by atoms with Crippen molar-refractivity contribution in [1.29, 1.82) is 0 Å². The van der Waals surface area contributed by atoms with Gasteiger partial charge in [0, 0.05) is 0 Å². The van der Waals surface area contributed by atoms with Crippen molar-refractivity contribution in [2.45, 2.75) is 111 Å². The lowest BCUT2D eigenvalue weighted by Crippen LogP contribution is -2.56. The number of aliphatic hydroxyl groups is 1. The highest BCUT2D eigenvalue weighted by Gasteiger charge is 2.60. The van der Waals surface area contributed by atoms with Gasteiger partial charge < -0.3 is 5.11 Å². The standard InChI is InChI=1S/C30H48O/c1-8-30(31)19-18-29(7)25(22(30)5)13-12-23-26-15-14-24(21(4)11-9-10-20(2)3)28(26,6)17-16-27(23)29/h1,12,20-22,24-27,31H,9-11,13-19H2,2-7H3/t21-,22+,24-,25?,26+,27+,28-,29+,30-/m1/s1. The van der Waals surface area contributed by atoms with Gasteiger partial charge in [-0.1, -0.05) is 78.4 Å². The molecule has 4 aliphatic rings. The predicted octanol–water partition coefficient (Wildman–Crippen LogP) is 7.64. The van der Waals surface area contributed by atoms with E-state index in [1.54, 1.807) is 0 Å². The fourth-order valence-electron chi connectivity index (χ4n) is 9.16. The summed E-state index contributed by atoms with van der Waals surface area (Å²) < 4.78 is 0. The molecule has 0 aliphatic heterocycles. The zero-order valence-corrected chi connectivity index (χ0v) is 21.2. The number of fused-ring (bicyclic) bond motifs is 5. The maximum absolute atomic E-state index is 11.0. The van der Waals surface area contributed by atoms with E-state index >= 15 is 0 Å². The minimum atomic E-state index is -0.900. The van der Waals surface area contributed by atoms with Crippen LogP contribution in [0.15, 0.2) is 11.6 Å². The second-order valence-corrected chi connectivity index (χ2v) is 13.0. The molecule has 0 amide bonds. The molecule has 4 aliphatic carbocycles. The van der Waals surface area contributed by atoms with E-state index in [9.17, 15) is 5.11 Å². The summed E-state index contributed by atoms with van der Waals surface area (Å²) in [5.74, 6) is 7.59. The summed E-state index contributed by atoms with van der Waals surface area (Å²) >= 11 is 0. The first-order valence-electron chi connectivity index (χ1n) is 13.5. The largest absolute Gasteiger partial charge is 0.377 e. The summed E-state index contributed by atoms with van der Waals surface area (Å²) in [6.45, 7) is 14.7. The number of terminal acetylenes is 1. The van der Waals surface area contributed by atoms with E-state index in [1.165, 1.54) is 44.9 Å². The summed E-state index contributed by atoms with van der Waals surface area (Å²) in [6.07, 6.45) is 21.2. The molecule has 1 heteroatoms. The topological polar surface area (TPSA) is 20.2 Å². The molecule has 174 valence electrons. The summed E-state index contributed by atoms with van der Waals surface area (Å²) in [6, 6.07) is 0. The van der Waals surface area contributed by atoms with Crippen LogP contribution in [0.4, 0.5) is 0 Å². The van der Waals surface area contributed by atoms with Crippen LogP contribution in [-0.2, 0) is 0 Å². The van der Waals surface area contributed by atoms with Gasteiger partial charge in [-0.3, -0.25) is 0 Å². The van der Waals surface area contributed by atoms with E-state index in [1.807, 2.05) is 5.57 Å². The average Bonchev–Trinajstić information content (AvgIpc) is 3.08. The minimum absolute atomic E-state index is 0.194. The Morgan fingerprint density at radius 2 is 1.74 bits per heavy atom. The van der Waals surface area contributed by atoms with Gasteiger partial charge in [0.25, 0.3) is 0 Å². The third-order valence-corrected chi connectivity index (χ3v) is 11.2. The quantitative estimate of drug-likeness (QED) is 0.355. The van der Waals surface area contributed by atoms with E-state index in [2.05, 4.69) is 53.5 Å². The van der Waals surface area contributed by atoms with Crippen LogP contribution in [0.3, 0.4) is 0 Å². The van der Waals surface area contributed by atoms with Crippen LogP contribution in [-0.4, -0.2) is 10.7 Å². The van der Waals surface area contributed by atoms with Crippen molar-refractivity contribution in [2.75, 3.05) is 0 Å². The Morgan fingerprint density at radius 3 is 2.42 bits per heavy atom. The average molecular weight is 425 g/mol. The molecule has 31 heavy (non-hydrogen) atoms. The normalized spacial score (nSPS) is 47.7. The summed E-state index contributed by atoms with van der Waals surface area (Å²) in [7, 11) is 0. The summed E-state index contributed by atoms with van der Waals surface area (Å²) in [4.78, 5) is 0. The van der Waals surface area contributed by atoms with E-state index < -0.39 is 5.60 Å². The Bertz CT molecular complexity index is 742. The molecule has 9 atom stereocenters. The van der Waals surface area contributed by atoms with Crippen molar-refractivity contribution in [1.82, 2.24) is 0 Å². The Hall–Kier alpha value is -0.740. The third kappa shape index (κ3) is 3.64. The van der Waals surface area contributed by atoms with E-state index in [0.717, 1.165) is 42.9 Å². The second-order valence-electron chi connectivity index (χ2n) is 13.0. The number of hydrogen-bond donors (Lipinski definition) is 1. The highest BCUT2D eigenvalue weighted by atomic mass is 16.3. The van der Waals surface area contributed by atoms with Crippen LogP contribution >= 0.6 is 0 Å². The monoisotopic (exact) mass is 424 g/mol. The van der Waals surface area contributed by atoms with Crippen LogP contribution in [0.25, 0.3) is 0 Å². The lowest BCUT2D eigenvalue weighted by Gasteiger charge is -2.60. The molecule has 1 unspecified atom stereocenters. The molecule has 0 bridgehead atoms. The van der Waals surface area contributed by atoms with Crippen LogP contribution in [0.2, 0.25) is 0 Å². The molecule has 1 N–H and O–H groups in total. The molecule has 4 rings (SSSR count). The van der Waals surface area contributed by atoms with Crippen molar-refractivity contribution in [3.63, 3.8) is 0 Å². The lowest BCUT2D eigenvalue weighted by atomic mass is 9.45. The maximum atomic E-state index is 11.0. The molecule has 3 fully saturated rings. The van der Waals surface area contributed by atoms with E-state index in [0.29, 0.717) is 22.7 Å². The van der Waals surface area contributed by atoms with Gasteiger partial charge in [0.15, 0.2) is 0 Å². The van der Waals surface area contributed by atoms with Gasteiger partial charge in [-0.2, -0.15) is 0 Å². The Kier molecular flexibility index (Phi) is 6.22. The smallest absolute Gasteiger partial charge is 0.128 e. The first kappa shape index (κ1) is 23.4. The Morgan fingerprint density at radius 1 is 1.03 bits per heavy atom. The van der Waals surface area contributed by atoms with Crippen LogP contribution in [0.5, 0.6) is 0 Å². The van der Waals surface area contributed by atoms with E-state index in [4.69, 9.17) is 6.42 Å². The van der Waals surface area contributed by atoms with E-state index in [-0.39, 0.29) is 5.92 Å². The highest BCUT2D eigenvalue weighted by Crippen LogP contribution is 2.68. The zero-order chi connectivity index (χ0) is 22.6. The van der Waals surface area contributed by atoms with Gasteiger partial charge in [-0.25, -0.2) is 0 Å². The zero-order valence-electron chi connectivity index (χ0n) is 21.2. The maximum Gasteiger partial charge on any atom is 0.128 e. The molecule has 0 saturated heterocycles. The second kappa shape index (κ2) is 8.24. The molecule has 3 saturated carbocycles. The van der Waals surface area contributed by atoms with Crippen molar-refractivity contribution in [3.05, 3.63) is 11.6 Å². The van der Waals surface area contributed by atoms with Crippen LogP contribution in [0.1, 0.15) is 106 Å². The van der Waals surface area contributed by atoms with Gasteiger partial charge in [-0.15, -0.1) is 6.42 Å². The van der Waals surface area contributed by atoms with Gasteiger partial charge in [0.05, 0.1) is 0 Å². The number of hydrogen-bond acceptors (Lipinski definition) is 1. The Balaban J connectivity index is 1.54. The first-order valence-corrected chi connectivity index (χ1v) is 13.5. The molecular weight excluding hydrogens is 376 g/mol. The minimum Gasteiger partial charge on any atom is -0.377 e. The van der Waals surface area contributed by atoms with Crippen LogP contribution in [0, 0.1) is 64.6 Å². The summed E-state index contributed by atoms with van der Waals surface area (Å²) in [5.41, 5.74) is 1.74. The fourth-order valence-corrected chi connectivity index (χ4v) is 9.16. The van der Waals surface area contributed by atoms with Crippen molar-refractivity contribution >= 4 is 0 Å². The molecule has 0 aromatic heterocycles. The van der Waals surface area contributed by atoms with Crippen LogP contribution < -0.4 is 0 Å². The number of allylic oxidation sites excluding steroid dienone is 2. The van der Waals surface area contributed by atoms with Gasteiger partial charge in [-0.05, 0) is 97.2 Å². The molecule has 0 radical (unpaired) electrons. The highest BCUT2D eigenvalue weighted by molar-refractivity contribution is 5.30. The molecule has 0 aromatic carbocycles. The van der Waals surface area contributed by atoms with Crippen molar-refractivity contribution < 1.29 is 5.11 Å². The molecule has 0 aromatic rings. The third-order valence-electron chi connectivity index (χ3n) is 11.2. The fraction of sp³-hybridized carbons (Fsp3) is 0.867. The first-order chi connectivity index (χ1) is 14.6. The van der Waals surface area contributed by atoms with Gasteiger partial charge >= 0.3 is 0 Å². The SMILES string of the molecule is C#C[C@@]1(O)CC[C@@]2(C)C(CC=C3[C@@H]4CC[C@H]([C@H](C)CCCC(C)C)[C@@]4(C)CC[C@@H]32)[C@@H]1C. The molecule has 0 heterocycles. The Labute approximate surface area is 192 Å². The lowest BCUT2D eigenvalue weighted by molar-refractivity contribution is -0.107.